The number of fused-ring (bicyclic) bond motifs is 2. The molecule has 5 saturated heterocycles. The lowest BCUT2D eigenvalue weighted by Gasteiger charge is -2.64. The largest absolute Gasteiger partial charge is 0.381 e. The van der Waals surface area contributed by atoms with Crippen molar-refractivity contribution in [2.45, 2.75) is 74.1 Å². The second-order valence-corrected chi connectivity index (χ2v) is 7.83. The molecule has 0 aliphatic carbocycles. The van der Waals surface area contributed by atoms with Crippen LogP contribution >= 0.6 is 0 Å². The van der Waals surface area contributed by atoms with Gasteiger partial charge in [0, 0.05) is 65.0 Å². The van der Waals surface area contributed by atoms with Crippen molar-refractivity contribution >= 4 is 0 Å². The van der Waals surface area contributed by atoms with E-state index in [0.29, 0.717) is 26.4 Å². The van der Waals surface area contributed by atoms with E-state index in [0.717, 1.165) is 64.6 Å². The number of hydrogen-bond acceptors (Lipinski definition) is 6. The first-order chi connectivity index (χ1) is 11.7. The Hall–Kier alpha value is -0.240. The second kappa shape index (κ2) is 5.63. The van der Waals surface area contributed by atoms with E-state index >= 15 is 0 Å². The standard InChI is InChI=1S/C18H28O6/c1-3-17(21-9-1)15(5-11-19-12-6-15)24-18(4-2-10-22-18)16(23-17)7-13-20-14-8-16/h1-14H2/t17-,18+. The molecule has 0 radical (unpaired) electrons. The molecule has 2 atom stereocenters. The molecule has 0 amide bonds. The predicted octanol–water partition coefficient (Wildman–Crippen LogP) is 2.15. The van der Waals surface area contributed by atoms with Gasteiger partial charge in [0.2, 0.25) is 0 Å². The molecular weight excluding hydrogens is 312 g/mol. The van der Waals surface area contributed by atoms with Gasteiger partial charge in [0.15, 0.2) is 11.6 Å². The minimum Gasteiger partial charge on any atom is -0.381 e. The van der Waals surface area contributed by atoms with Crippen LogP contribution in [0.2, 0.25) is 0 Å². The summed E-state index contributed by atoms with van der Waals surface area (Å²) in [5, 5.41) is 0. The lowest BCUT2D eigenvalue weighted by molar-refractivity contribution is -0.498. The van der Waals surface area contributed by atoms with Gasteiger partial charge in [0.25, 0.3) is 0 Å². The summed E-state index contributed by atoms with van der Waals surface area (Å²) >= 11 is 0. The van der Waals surface area contributed by atoms with Crippen molar-refractivity contribution in [3.05, 3.63) is 0 Å². The third-order valence-corrected chi connectivity index (χ3v) is 6.68. The van der Waals surface area contributed by atoms with Crippen LogP contribution in [0.25, 0.3) is 0 Å². The minimum atomic E-state index is -0.648. The van der Waals surface area contributed by atoms with Crippen molar-refractivity contribution < 1.29 is 28.4 Å². The van der Waals surface area contributed by atoms with Crippen LogP contribution in [-0.4, -0.2) is 62.4 Å². The lowest BCUT2D eigenvalue weighted by Crippen LogP contribution is -2.76. The Bertz CT molecular complexity index is 424. The maximum absolute atomic E-state index is 6.99. The van der Waals surface area contributed by atoms with Crippen LogP contribution in [0.15, 0.2) is 0 Å². The maximum Gasteiger partial charge on any atom is 0.198 e. The van der Waals surface area contributed by atoms with Crippen LogP contribution < -0.4 is 0 Å². The summed E-state index contributed by atoms with van der Waals surface area (Å²) in [5.74, 6) is -1.30. The zero-order valence-corrected chi connectivity index (χ0v) is 14.3. The van der Waals surface area contributed by atoms with Crippen molar-refractivity contribution in [3.8, 4) is 0 Å². The van der Waals surface area contributed by atoms with Crippen molar-refractivity contribution in [2.24, 2.45) is 0 Å². The van der Waals surface area contributed by atoms with E-state index in [4.69, 9.17) is 28.4 Å². The molecule has 0 saturated carbocycles. The highest BCUT2D eigenvalue weighted by Crippen LogP contribution is 2.60. The number of hydrogen-bond donors (Lipinski definition) is 0. The van der Waals surface area contributed by atoms with Gasteiger partial charge in [-0.05, 0) is 12.8 Å². The van der Waals surface area contributed by atoms with Gasteiger partial charge in [0.05, 0.1) is 13.2 Å². The molecule has 24 heavy (non-hydrogen) atoms. The Morgan fingerprint density at radius 3 is 1.21 bits per heavy atom. The minimum absolute atomic E-state index is 0.449. The van der Waals surface area contributed by atoms with Crippen molar-refractivity contribution in [3.63, 3.8) is 0 Å². The first kappa shape index (κ1) is 16.0. The van der Waals surface area contributed by atoms with Gasteiger partial charge in [-0.25, -0.2) is 0 Å². The highest BCUT2D eigenvalue weighted by atomic mass is 16.8. The molecule has 6 heteroatoms. The highest BCUT2D eigenvalue weighted by Gasteiger charge is 2.73. The molecule has 136 valence electrons. The maximum atomic E-state index is 6.99. The van der Waals surface area contributed by atoms with Crippen molar-refractivity contribution in [1.82, 2.24) is 0 Å². The monoisotopic (exact) mass is 340 g/mol. The Morgan fingerprint density at radius 1 is 0.458 bits per heavy atom. The van der Waals surface area contributed by atoms with E-state index in [1.807, 2.05) is 0 Å². The topological polar surface area (TPSA) is 55.4 Å². The summed E-state index contributed by atoms with van der Waals surface area (Å²) in [7, 11) is 0. The van der Waals surface area contributed by atoms with Gasteiger partial charge in [-0.1, -0.05) is 0 Å². The quantitative estimate of drug-likeness (QED) is 0.673. The first-order valence-corrected chi connectivity index (χ1v) is 9.58. The Balaban J connectivity index is 1.58. The van der Waals surface area contributed by atoms with Crippen LogP contribution in [0.4, 0.5) is 0 Å². The highest BCUT2D eigenvalue weighted by molar-refractivity contribution is 5.13. The fraction of sp³-hybridized carbons (Fsp3) is 1.00. The SMILES string of the molecule is C1CO[C@@]2(C1)OC1(CCOCC1)[C@@]1(CCCO1)OC21CCOCC1. The zero-order chi connectivity index (χ0) is 16.1. The number of ether oxygens (including phenoxy) is 6. The van der Waals surface area contributed by atoms with Gasteiger partial charge >= 0.3 is 0 Å². The molecule has 0 N–H and O–H groups in total. The molecule has 4 spiro atoms. The molecule has 0 aromatic rings. The van der Waals surface area contributed by atoms with E-state index in [1.54, 1.807) is 0 Å². The van der Waals surface area contributed by atoms with Crippen molar-refractivity contribution in [1.29, 1.82) is 0 Å². The van der Waals surface area contributed by atoms with E-state index in [-0.39, 0.29) is 0 Å². The van der Waals surface area contributed by atoms with Gasteiger partial charge in [-0.2, -0.15) is 0 Å². The average molecular weight is 340 g/mol. The van der Waals surface area contributed by atoms with E-state index in [9.17, 15) is 0 Å². The first-order valence-electron chi connectivity index (χ1n) is 9.58. The summed E-state index contributed by atoms with van der Waals surface area (Å²) in [6, 6.07) is 0. The third kappa shape index (κ3) is 2.04. The fourth-order valence-electron chi connectivity index (χ4n) is 5.45. The molecule has 6 nitrogen and oxygen atoms in total. The molecule has 5 aliphatic heterocycles. The van der Waals surface area contributed by atoms with Crippen LogP contribution in [0.5, 0.6) is 0 Å². The lowest BCUT2D eigenvalue weighted by atomic mass is 9.75. The molecule has 0 aromatic carbocycles. The normalized spacial score (nSPS) is 44.0. The van der Waals surface area contributed by atoms with Crippen LogP contribution in [0, 0.1) is 0 Å². The van der Waals surface area contributed by atoms with Gasteiger partial charge in [-0.3, -0.25) is 0 Å². The summed E-state index contributed by atoms with van der Waals surface area (Å²) in [4.78, 5) is 0. The molecule has 0 bridgehead atoms. The molecule has 5 aliphatic rings. The molecular formula is C18H28O6. The van der Waals surface area contributed by atoms with Gasteiger partial charge in [-0.15, -0.1) is 0 Å². The summed E-state index contributed by atoms with van der Waals surface area (Å²) in [5.41, 5.74) is -0.898. The number of rotatable bonds is 0. The smallest absolute Gasteiger partial charge is 0.198 e. The average Bonchev–Trinajstić information content (AvgIpc) is 3.27. The van der Waals surface area contributed by atoms with Gasteiger partial charge in [0.1, 0.15) is 11.2 Å². The third-order valence-electron chi connectivity index (χ3n) is 6.68. The van der Waals surface area contributed by atoms with Crippen LogP contribution in [0.3, 0.4) is 0 Å². The summed E-state index contributed by atoms with van der Waals surface area (Å²) in [6.45, 7) is 4.27. The Labute approximate surface area is 143 Å². The molecule has 0 unspecified atom stereocenters. The van der Waals surface area contributed by atoms with Gasteiger partial charge < -0.3 is 28.4 Å². The predicted molar refractivity (Wildman–Crippen MR) is 83.6 cm³/mol. The van der Waals surface area contributed by atoms with Crippen LogP contribution in [-0.2, 0) is 28.4 Å². The molecule has 5 heterocycles. The summed E-state index contributed by atoms with van der Waals surface area (Å²) < 4.78 is 37.9. The molecule has 5 rings (SSSR count). The van der Waals surface area contributed by atoms with Crippen LogP contribution in [0.1, 0.15) is 51.4 Å². The van der Waals surface area contributed by atoms with Crippen molar-refractivity contribution in [2.75, 3.05) is 39.6 Å². The fourth-order valence-corrected chi connectivity index (χ4v) is 5.45. The summed E-state index contributed by atoms with van der Waals surface area (Å²) in [6.07, 6.45) is 7.07. The van der Waals surface area contributed by atoms with E-state index in [1.165, 1.54) is 0 Å². The second-order valence-electron chi connectivity index (χ2n) is 7.83. The van der Waals surface area contributed by atoms with E-state index in [2.05, 4.69) is 0 Å². The van der Waals surface area contributed by atoms with E-state index < -0.39 is 22.8 Å². The Morgan fingerprint density at radius 2 is 0.875 bits per heavy atom. The molecule has 5 fully saturated rings. The Kier molecular flexibility index (Phi) is 3.75. The molecule has 0 aromatic heterocycles. The zero-order valence-electron chi connectivity index (χ0n) is 14.3.